The molecule has 3 aromatic rings. The molecule has 116 valence electrons. The number of fused-ring (bicyclic) bond motifs is 1. The van der Waals surface area contributed by atoms with Crippen LogP contribution in [0, 0.1) is 0 Å². The maximum atomic E-state index is 12.2. The minimum absolute atomic E-state index is 0.145. The molecule has 7 heteroatoms. The van der Waals surface area contributed by atoms with Crippen molar-refractivity contribution in [3.8, 4) is 21.9 Å². The van der Waals surface area contributed by atoms with E-state index in [4.69, 9.17) is 9.47 Å². The highest BCUT2D eigenvalue weighted by molar-refractivity contribution is 7.17. The Kier molecular flexibility index (Phi) is 3.72. The number of rotatable bonds is 3. The Morgan fingerprint density at radius 2 is 2.00 bits per heavy atom. The molecule has 1 aromatic carbocycles. The van der Waals surface area contributed by atoms with Crippen LogP contribution in [0.1, 0.15) is 9.67 Å². The van der Waals surface area contributed by atoms with Gasteiger partial charge in [0.05, 0.1) is 4.88 Å². The number of benzene rings is 1. The van der Waals surface area contributed by atoms with Crippen LogP contribution in [0.4, 0.5) is 5.13 Å². The summed E-state index contributed by atoms with van der Waals surface area (Å²) in [7, 11) is 0. The van der Waals surface area contributed by atoms with Gasteiger partial charge in [-0.15, -0.1) is 22.7 Å². The van der Waals surface area contributed by atoms with E-state index in [1.54, 1.807) is 6.20 Å². The lowest BCUT2D eigenvalue weighted by molar-refractivity contribution is 0.103. The van der Waals surface area contributed by atoms with Crippen molar-refractivity contribution in [1.82, 2.24) is 4.98 Å². The first-order valence-electron chi connectivity index (χ1n) is 7.00. The molecule has 0 atom stereocenters. The zero-order chi connectivity index (χ0) is 15.6. The molecule has 0 aliphatic carbocycles. The number of carbonyl (C=O) groups is 1. The van der Waals surface area contributed by atoms with Crippen molar-refractivity contribution in [2.24, 2.45) is 0 Å². The van der Waals surface area contributed by atoms with E-state index in [1.165, 1.54) is 22.7 Å². The predicted molar refractivity (Wildman–Crippen MR) is 90.8 cm³/mol. The molecule has 2 aromatic heterocycles. The fourth-order valence-corrected chi connectivity index (χ4v) is 3.68. The van der Waals surface area contributed by atoms with E-state index in [0.29, 0.717) is 23.2 Å². The molecule has 23 heavy (non-hydrogen) atoms. The van der Waals surface area contributed by atoms with Gasteiger partial charge in [0.1, 0.15) is 13.2 Å². The lowest BCUT2D eigenvalue weighted by Crippen LogP contribution is -2.15. The van der Waals surface area contributed by atoms with Gasteiger partial charge in [-0.1, -0.05) is 0 Å². The minimum Gasteiger partial charge on any atom is -0.486 e. The van der Waals surface area contributed by atoms with Gasteiger partial charge in [0.15, 0.2) is 16.6 Å². The van der Waals surface area contributed by atoms with Crippen molar-refractivity contribution in [2.45, 2.75) is 0 Å². The number of nitrogens with zero attached hydrogens (tertiary/aromatic N) is 1. The van der Waals surface area contributed by atoms with E-state index >= 15 is 0 Å². The number of carbonyl (C=O) groups excluding carboxylic acids is 1. The van der Waals surface area contributed by atoms with Gasteiger partial charge in [-0.3, -0.25) is 10.1 Å². The third kappa shape index (κ3) is 2.93. The van der Waals surface area contributed by atoms with Crippen molar-refractivity contribution >= 4 is 33.7 Å². The molecule has 0 saturated heterocycles. The highest BCUT2D eigenvalue weighted by Crippen LogP contribution is 2.37. The number of ether oxygens (including phenoxy) is 2. The lowest BCUT2D eigenvalue weighted by Gasteiger charge is -2.18. The van der Waals surface area contributed by atoms with Crippen LogP contribution in [0.3, 0.4) is 0 Å². The maximum absolute atomic E-state index is 12.2. The number of nitrogens with one attached hydrogen (secondary N) is 1. The highest BCUT2D eigenvalue weighted by Gasteiger charge is 2.15. The molecule has 0 spiro atoms. The number of aromatic nitrogens is 1. The third-order valence-electron chi connectivity index (χ3n) is 3.31. The van der Waals surface area contributed by atoms with E-state index in [9.17, 15) is 4.79 Å². The summed E-state index contributed by atoms with van der Waals surface area (Å²) in [6.07, 6.45) is 1.66. The Labute approximate surface area is 140 Å². The SMILES string of the molecule is O=C(Nc1nccs1)c1ccc(-c2ccc3c(c2)OCCO3)s1. The van der Waals surface area contributed by atoms with Gasteiger partial charge in [-0.05, 0) is 35.9 Å². The first-order valence-corrected chi connectivity index (χ1v) is 8.70. The van der Waals surface area contributed by atoms with E-state index in [2.05, 4.69) is 10.3 Å². The van der Waals surface area contributed by atoms with Crippen molar-refractivity contribution in [2.75, 3.05) is 18.5 Å². The van der Waals surface area contributed by atoms with Crippen LogP contribution < -0.4 is 14.8 Å². The van der Waals surface area contributed by atoms with Crippen molar-refractivity contribution in [1.29, 1.82) is 0 Å². The second-order valence-electron chi connectivity index (χ2n) is 4.81. The summed E-state index contributed by atoms with van der Waals surface area (Å²) in [5.74, 6) is 1.36. The summed E-state index contributed by atoms with van der Waals surface area (Å²) in [4.78, 5) is 17.9. The normalized spacial score (nSPS) is 12.9. The molecule has 4 rings (SSSR count). The molecule has 1 N–H and O–H groups in total. The summed E-state index contributed by atoms with van der Waals surface area (Å²) in [5, 5.41) is 5.21. The summed E-state index contributed by atoms with van der Waals surface area (Å²) in [5.41, 5.74) is 1.01. The average Bonchev–Trinajstić information content (AvgIpc) is 3.26. The van der Waals surface area contributed by atoms with Gasteiger partial charge in [-0.25, -0.2) is 4.98 Å². The summed E-state index contributed by atoms with van der Waals surface area (Å²) in [6, 6.07) is 9.58. The van der Waals surface area contributed by atoms with E-state index < -0.39 is 0 Å². The number of hydrogen-bond acceptors (Lipinski definition) is 6. The molecule has 0 radical (unpaired) electrons. The van der Waals surface area contributed by atoms with Crippen molar-refractivity contribution in [3.05, 3.63) is 46.8 Å². The maximum Gasteiger partial charge on any atom is 0.267 e. The van der Waals surface area contributed by atoms with Crippen LogP contribution in [0.15, 0.2) is 41.9 Å². The number of amides is 1. The fraction of sp³-hybridized carbons (Fsp3) is 0.125. The van der Waals surface area contributed by atoms with Crippen LogP contribution in [-0.4, -0.2) is 24.1 Å². The quantitative estimate of drug-likeness (QED) is 0.783. The summed E-state index contributed by atoms with van der Waals surface area (Å²) >= 11 is 2.83. The monoisotopic (exact) mass is 344 g/mol. The van der Waals surface area contributed by atoms with E-state index in [1.807, 2.05) is 35.7 Å². The van der Waals surface area contributed by atoms with E-state index in [-0.39, 0.29) is 5.91 Å². The number of thiophene rings is 1. The van der Waals surface area contributed by atoms with Crippen LogP contribution in [-0.2, 0) is 0 Å². The Morgan fingerprint density at radius 3 is 2.83 bits per heavy atom. The average molecular weight is 344 g/mol. The molecule has 0 bridgehead atoms. The molecule has 1 aliphatic heterocycles. The number of anilines is 1. The molecular formula is C16H12N2O3S2. The molecule has 0 fully saturated rings. The van der Waals surface area contributed by atoms with Crippen LogP contribution in [0.25, 0.3) is 10.4 Å². The Morgan fingerprint density at radius 1 is 1.13 bits per heavy atom. The van der Waals surface area contributed by atoms with Gasteiger partial charge in [0, 0.05) is 16.5 Å². The van der Waals surface area contributed by atoms with Crippen molar-refractivity contribution < 1.29 is 14.3 Å². The zero-order valence-electron chi connectivity index (χ0n) is 11.9. The topological polar surface area (TPSA) is 60.5 Å². The fourth-order valence-electron chi connectivity index (χ4n) is 2.26. The van der Waals surface area contributed by atoms with Crippen molar-refractivity contribution in [3.63, 3.8) is 0 Å². The Bertz CT molecular complexity index is 843. The standard InChI is InChI=1S/C16H12N2O3S2/c19-15(18-16-17-5-8-22-16)14-4-3-13(23-14)10-1-2-11-12(9-10)21-7-6-20-11/h1-5,8-9H,6-7H2,(H,17,18,19). The third-order valence-corrected chi connectivity index (χ3v) is 5.13. The summed E-state index contributed by atoms with van der Waals surface area (Å²) < 4.78 is 11.1. The van der Waals surface area contributed by atoms with Gasteiger partial charge in [0.2, 0.25) is 0 Å². The molecule has 0 saturated carbocycles. The molecule has 1 amide bonds. The second kappa shape index (κ2) is 6.02. The van der Waals surface area contributed by atoms with Crippen LogP contribution in [0.2, 0.25) is 0 Å². The number of hydrogen-bond donors (Lipinski definition) is 1. The summed E-state index contributed by atoms with van der Waals surface area (Å²) in [6.45, 7) is 1.13. The van der Waals surface area contributed by atoms with E-state index in [0.717, 1.165) is 21.9 Å². The molecule has 5 nitrogen and oxygen atoms in total. The molecule has 0 unspecified atom stereocenters. The second-order valence-corrected chi connectivity index (χ2v) is 6.79. The number of thiazole rings is 1. The largest absolute Gasteiger partial charge is 0.486 e. The van der Waals surface area contributed by atoms with Gasteiger partial charge in [0.25, 0.3) is 5.91 Å². The highest BCUT2D eigenvalue weighted by atomic mass is 32.1. The van der Waals surface area contributed by atoms with Gasteiger partial charge in [-0.2, -0.15) is 0 Å². The van der Waals surface area contributed by atoms with Crippen LogP contribution in [0.5, 0.6) is 11.5 Å². The first kappa shape index (κ1) is 14.2. The lowest BCUT2D eigenvalue weighted by atomic mass is 10.1. The predicted octanol–water partition coefficient (Wildman–Crippen LogP) is 3.90. The molecule has 3 heterocycles. The first-order chi connectivity index (χ1) is 11.3. The minimum atomic E-state index is -0.145. The Balaban J connectivity index is 1.56. The molecule has 1 aliphatic rings. The Hall–Kier alpha value is -2.38. The van der Waals surface area contributed by atoms with Gasteiger partial charge < -0.3 is 9.47 Å². The zero-order valence-corrected chi connectivity index (χ0v) is 13.6. The van der Waals surface area contributed by atoms with Gasteiger partial charge >= 0.3 is 0 Å². The molecular weight excluding hydrogens is 332 g/mol. The smallest absolute Gasteiger partial charge is 0.267 e. The van der Waals surface area contributed by atoms with Crippen LogP contribution >= 0.6 is 22.7 Å².